The molecule has 1 heterocycles. The van der Waals surface area contributed by atoms with Crippen LogP contribution in [-0.2, 0) is 9.53 Å². The molecule has 0 radical (unpaired) electrons. The fraction of sp³-hybridized carbons (Fsp3) is 0.588. The van der Waals surface area contributed by atoms with Crippen LogP contribution in [0.5, 0.6) is 0 Å². The van der Waals surface area contributed by atoms with E-state index in [0.717, 1.165) is 17.5 Å². The van der Waals surface area contributed by atoms with Crippen LogP contribution in [-0.4, -0.2) is 36.5 Å². The number of nitrogens with one attached hydrogen (secondary N) is 2. The molecule has 2 atom stereocenters. The Morgan fingerprint density at radius 3 is 2.68 bits per heavy atom. The van der Waals surface area contributed by atoms with Crippen LogP contribution in [0.1, 0.15) is 32.6 Å². The number of carbonyl (C=O) groups is 1. The van der Waals surface area contributed by atoms with E-state index < -0.39 is 0 Å². The largest absolute Gasteiger partial charge is 0.375 e. The van der Waals surface area contributed by atoms with Gasteiger partial charge in [-0.25, -0.2) is 0 Å². The maximum atomic E-state index is 12.3. The molecule has 2 N–H and O–H groups in total. The second-order valence-electron chi connectivity index (χ2n) is 6.05. The van der Waals surface area contributed by atoms with E-state index in [1.54, 1.807) is 0 Å². The third-order valence-electron chi connectivity index (χ3n) is 4.33. The van der Waals surface area contributed by atoms with E-state index in [9.17, 15) is 4.79 Å². The molecule has 4 nitrogen and oxygen atoms in total. The number of morpholine rings is 1. The Labute approximate surface area is 136 Å². The molecule has 0 bridgehead atoms. The molecule has 1 aliphatic carbocycles. The summed E-state index contributed by atoms with van der Waals surface area (Å²) in [5, 5.41) is 6.95. The Bertz CT molecular complexity index is 500. The predicted molar refractivity (Wildman–Crippen MR) is 90.4 cm³/mol. The second kappa shape index (κ2) is 7.49. The number of anilines is 1. The van der Waals surface area contributed by atoms with Crippen LogP contribution in [0.2, 0.25) is 0 Å². The molecule has 22 heavy (non-hydrogen) atoms. The van der Waals surface area contributed by atoms with Crippen molar-refractivity contribution in [2.24, 2.45) is 0 Å². The van der Waals surface area contributed by atoms with Crippen LogP contribution in [0.15, 0.2) is 29.2 Å². The van der Waals surface area contributed by atoms with Crippen molar-refractivity contribution >= 4 is 23.4 Å². The van der Waals surface area contributed by atoms with Gasteiger partial charge >= 0.3 is 0 Å². The van der Waals surface area contributed by atoms with Crippen LogP contribution in [0.25, 0.3) is 0 Å². The lowest BCUT2D eigenvalue weighted by molar-refractivity contribution is -0.123. The zero-order chi connectivity index (χ0) is 15.4. The van der Waals surface area contributed by atoms with E-state index >= 15 is 0 Å². The van der Waals surface area contributed by atoms with Crippen molar-refractivity contribution in [3.8, 4) is 0 Å². The molecule has 0 aromatic heterocycles. The maximum absolute atomic E-state index is 12.3. The van der Waals surface area contributed by atoms with E-state index in [0.29, 0.717) is 6.61 Å². The van der Waals surface area contributed by atoms with Crippen molar-refractivity contribution in [1.29, 1.82) is 0 Å². The number of hydrogen-bond acceptors (Lipinski definition) is 4. The number of thioether (sulfide) groups is 1. The maximum Gasteiger partial charge on any atom is 0.244 e. The van der Waals surface area contributed by atoms with Gasteiger partial charge in [-0.1, -0.05) is 12.8 Å². The molecule has 0 unspecified atom stereocenters. The van der Waals surface area contributed by atoms with E-state index in [4.69, 9.17) is 4.74 Å². The van der Waals surface area contributed by atoms with Gasteiger partial charge in [0.05, 0.1) is 12.7 Å². The molecule has 5 heteroatoms. The molecule has 0 spiro atoms. The number of rotatable bonds is 4. The number of amides is 1. The van der Waals surface area contributed by atoms with Crippen molar-refractivity contribution in [2.75, 3.05) is 18.5 Å². The first-order valence-corrected chi connectivity index (χ1v) is 9.03. The average molecular weight is 320 g/mol. The quantitative estimate of drug-likeness (QED) is 0.895. The zero-order valence-electron chi connectivity index (χ0n) is 13.0. The van der Waals surface area contributed by atoms with Crippen LogP contribution in [0.4, 0.5) is 5.69 Å². The number of ether oxygens (including phenoxy) is 1. The molecule has 2 aliphatic rings. The van der Waals surface area contributed by atoms with Crippen molar-refractivity contribution in [3.05, 3.63) is 24.3 Å². The molecule has 1 saturated carbocycles. The minimum atomic E-state index is -0.277. The summed E-state index contributed by atoms with van der Waals surface area (Å²) in [6.45, 7) is 3.31. The van der Waals surface area contributed by atoms with Gasteiger partial charge < -0.3 is 15.4 Å². The highest BCUT2D eigenvalue weighted by Gasteiger charge is 2.28. The molecule has 1 aliphatic heterocycles. The Kier molecular flexibility index (Phi) is 5.39. The summed E-state index contributed by atoms with van der Waals surface area (Å²) in [4.78, 5) is 13.6. The van der Waals surface area contributed by atoms with E-state index in [2.05, 4.69) is 22.8 Å². The van der Waals surface area contributed by atoms with Gasteiger partial charge in [-0.2, -0.15) is 0 Å². The van der Waals surface area contributed by atoms with Crippen molar-refractivity contribution in [2.45, 2.75) is 54.9 Å². The van der Waals surface area contributed by atoms with Crippen molar-refractivity contribution < 1.29 is 9.53 Å². The van der Waals surface area contributed by atoms with Crippen LogP contribution in [0.3, 0.4) is 0 Å². The molecule has 3 rings (SSSR count). The molecule has 1 amide bonds. The molecular weight excluding hydrogens is 296 g/mol. The van der Waals surface area contributed by atoms with Gasteiger partial charge in [-0.3, -0.25) is 4.79 Å². The predicted octanol–water partition coefficient (Wildman–Crippen LogP) is 3.04. The summed E-state index contributed by atoms with van der Waals surface area (Å²) in [7, 11) is 0. The summed E-state index contributed by atoms with van der Waals surface area (Å²) in [5.41, 5.74) is 0.848. The SMILES string of the molecule is C[C@H]1OCCN[C@@H]1C(=O)Nc1ccc(SC2CCCC2)cc1. The molecule has 120 valence electrons. The van der Waals surface area contributed by atoms with E-state index in [-0.39, 0.29) is 18.1 Å². The van der Waals surface area contributed by atoms with Gasteiger partial charge in [-0.15, -0.1) is 11.8 Å². The molecule has 1 saturated heterocycles. The fourth-order valence-corrected chi connectivity index (χ4v) is 4.31. The lowest BCUT2D eigenvalue weighted by Gasteiger charge is -2.29. The minimum Gasteiger partial charge on any atom is -0.375 e. The van der Waals surface area contributed by atoms with Crippen molar-refractivity contribution in [3.63, 3.8) is 0 Å². The standard InChI is InChI=1S/C17H24N2O2S/c1-12-16(18-10-11-21-12)17(20)19-13-6-8-15(9-7-13)22-14-4-2-3-5-14/h6-9,12,14,16,18H,2-5,10-11H2,1H3,(H,19,20)/t12-,16+/m1/s1. The van der Waals surface area contributed by atoms with Gasteiger partial charge in [0.1, 0.15) is 6.04 Å². The van der Waals surface area contributed by atoms with E-state index in [1.807, 2.05) is 30.8 Å². The third kappa shape index (κ3) is 4.03. The molecule has 1 aromatic rings. The highest BCUT2D eigenvalue weighted by atomic mass is 32.2. The lowest BCUT2D eigenvalue weighted by Crippen LogP contribution is -2.53. The Balaban J connectivity index is 1.54. The molecule has 2 fully saturated rings. The number of carbonyl (C=O) groups excluding carboxylic acids is 1. The number of benzene rings is 1. The van der Waals surface area contributed by atoms with Gasteiger partial charge in [0.2, 0.25) is 5.91 Å². The Hall–Kier alpha value is -1.04. The Morgan fingerprint density at radius 1 is 1.27 bits per heavy atom. The third-order valence-corrected chi connectivity index (χ3v) is 5.67. The molecule has 1 aromatic carbocycles. The zero-order valence-corrected chi connectivity index (χ0v) is 13.8. The van der Waals surface area contributed by atoms with E-state index in [1.165, 1.54) is 30.6 Å². The van der Waals surface area contributed by atoms with Crippen LogP contribution in [0, 0.1) is 0 Å². The van der Waals surface area contributed by atoms with Gasteiger partial charge in [-0.05, 0) is 44.0 Å². The second-order valence-corrected chi connectivity index (χ2v) is 7.42. The highest BCUT2D eigenvalue weighted by Crippen LogP contribution is 2.34. The normalized spacial score (nSPS) is 26.0. The van der Waals surface area contributed by atoms with Crippen molar-refractivity contribution in [1.82, 2.24) is 5.32 Å². The lowest BCUT2D eigenvalue weighted by atomic mass is 10.1. The van der Waals surface area contributed by atoms with Crippen LogP contribution >= 0.6 is 11.8 Å². The summed E-state index contributed by atoms with van der Waals surface area (Å²) < 4.78 is 5.52. The molecular formula is C17H24N2O2S. The first kappa shape index (κ1) is 15.8. The summed E-state index contributed by atoms with van der Waals surface area (Å²) >= 11 is 1.96. The summed E-state index contributed by atoms with van der Waals surface area (Å²) in [5.74, 6) is -0.0246. The summed E-state index contributed by atoms with van der Waals surface area (Å²) in [6.07, 6.45) is 5.29. The Morgan fingerprint density at radius 2 is 2.00 bits per heavy atom. The average Bonchev–Trinajstić information content (AvgIpc) is 3.02. The van der Waals surface area contributed by atoms with Gasteiger partial charge in [0.15, 0.2) is 0 Å². The smallest absolute Gasteiger partial charge is 0.244 e. The monoisotopic (exact) mass is 320 g/mol. The number of hydrogen-bond donors (Lipinski definition) is 2. The summed E-state index contributed by atoms with van der Waals surface area (Å²) in [6, 6.07) is 7.91. The van der Waals surface area contributed by atoms with Gasteiger partial charge in [0.25, 0.3) is 0 Å². The van der Waals surface area contributed by atoms with Gasteiger partial charge in [0, 0.05) is 22.4 Å². The first-order chi connectivity index (χ1) is 10.7. The fourth-order valence-electron chi connectivity index (χ4n) is 3.06. The van der Waals surface area contributed by atoms with Crippen LogP contribution < -0.4 is 10.6 Å². The highest BCUT2D eigenvalue weighted by molar-refractivity contribution is 8.00. The topological polar surface area (TPSA) is 50.4 Å². The first-order valence-electron chi connectivity index (χ1n) is 8.15. The minimum absolute atomic E-state index is 0.0246.